The van der Waals surface area contributed by atoms with Crippen molar-refractivity contribution in [3.63, 3.8) is 0 Å². The maximum absolute atomic E-state index is 11.8. The fourth-order valence-corrected chi connectivity index (χ4v) is 2.87. The summed E-state index contributed by atoms with van der Waals surface area (Å²) in [7, 11) is 1.81. The molecule has 0 bridgehead atoms. The molecule has 1 aromatic heterocycles. The smallest absolute Gasteiger partial charge is 0.222 e. The Morgan fingerprint density at radius 2 is 2.17 bits per heavy atom. The van der Waals surface area contributed by atoms with Crippen molar-refractivity contribution in [2.24, 2.45) is 0 Å². The number of thiophene rings is 1. The number of carbonyl (C=O) groups is 1. The van der Waals surface area contributed by atoms with Crippen molar-refractivity contribution in [1.29, 1.82) is 0 Å². The number of rotatable bonds is 5. The average molecular weight is 263 g/mol. The van der Waals surface area contributed by atoms with Crippen LogP contribution >= 0.6 is 11.3 Å². The highest BCUT2D eigenvalue weighted by Crippen LogP contribution is 2.26. The number of aliphatic hydroxyl groups is 1. The first-order chi connectivity index (χ1) is 8.72. The first-order valence-corrected chi connectivity index (χ1v) is 6.90. The lowest BCUT2D eigenvalue weighted by atomic mass is 10.1. The molecule has 96 valence electrons. The minimum absolute atomic E-state index is 0.0704. The van der Waals surface area contributed by atoms with Crippen molar-refractivity contribution in [2.75, 3.05) is 13.7 Å². The van der Waals surface area contributed by atoms with Gasteiger partial charge in [0.25, 0.3) is 0 Å². The summed E-state index contributed by atoms with van der Waals surface area (Å²) < 4.78 is 1.25. The molecule has 0 aliphatic rings. The molecule has 0 aliphatic heterocycles. The highest BCUT2D eigenvalue weighted by molar-refractivity contribution is 7.17. The summed E-state index contributed by atoms with van der Waals surface area (Å²) in [6.45, 7) is 0.704. The summed E-state index contributed by atoms with van der Waals surface area (Å²) in [5.74, 6) is 0.0827. The van der Waals surface area contributed by atoms with Crippen LogP contribution in [-0.4, -0.2) is 29.6 Å². The summed E-state index contributed by atoms with van der Waals surface area (Å²) in [5.41, 5.74) is 1.19. The Kier molecular flexibility index (Phi) is 4.33. The van der Waals surface area contributed by atoms with E-state index in [-0.39, 0.29) is 12.5 Å². The average Bonchev–Trinajstić information content (AvgIpc) is 2.79. The molecule has 18 heavy (non-hydrogen) atoms. The van der Waals surface area contributed by atoms with Crippen LogP contribution < -0.4 is 0 Å². The van der Waals surface area contributed by atoms with Crippen molar-refractivity contribution in [2.45, 2.75) is 19.4 Å². The summed E-state index contributed by atoms with van der Waals surface area (Å²) in [6, 6.07) is 8.23. The normalized spacial score (nSPS) is 10.8. The largest absolute Gasteiger partial charge is 0.396 e. The van der Waals surface area contributed by atoms with Gasteiger partial charge in [-0.15, -0.1) is 11.3 Å². The molecular formula is C14H17NO2S. The van der Waals surface area contributed by atoms with Gasteiger partial charge < -0.3 is 10.0 Å². The molecule has 2 aromatic rings. The Labute approximate surface area is 111 Å². The van der Waals surface area contributed by atoms with E-state index in [0.717, 1.165) is 0 Å². The molecule has 0 atom stereocenters. The predicted octanol–water partition coefficient (Wildman–Crippen LogP) is 2.63. The maximum atomic E-state index is 11.8. The molecule has 0 fully saturated rings. The number of aliphatic hydroxyl groups excluding tert-OH is 1. The molecule has 2 rings (SSSR count). The lowest BCUT2D eigenvalue weighted by Crippen LogP contribution is -2.25. The SMILES string of the molecule is CN(Cc1csc2ccccc12)C(=O)CCCO. The number of amides is 1. The Morgan fingerprint density at radius 3 is 2.94 bits per heavy atom. The standard InChI is InChI=1S/C14H17NO2S/c1-15(14(17)7-4-8-16)9-11-10-18-13-6-3-2-5-12(11)13/h2-3,5-6,10,16H,4,7-9H2,1H3. The van der Waals surface area contributed by atoms with Gasteiger partial charge in [0.2, 0.25) is 5.91 Å². The van der Waals surface area contributed by atoms with Gasteiger partial charge in [-0.05, 0) is 28.8 Å². The van der Waals surface area contributed by atoms with E-state index >= 15 is 0 Å². The van der Waals surface area contributed by atoms with Crippen LogP contribution in [0.25, 0.3) is 10.1 Å². The molecule has 1 N–H and O–H groups in total. The van der Waals surface area contributed by atoms with Gasteiger partial charge in [-0.3, -0.25) is 4.79 Å². The Morgan fingerprint density at radius 1 is 1.39 bits per heavy atom. The molecule has 1 heterocycles. The first-order valence-electron chi connectivity index (χ1n) is 6.02. The second-order valence-corrected chi connectivity index (χ2v) is 5.25. The minimum Gasteiger partial charge on any atom is -0.396 e. The van der Waals surface area contributed by atoms with Gasteiger partial charge in [-0.25, -0.2) is 0 Å². The molecule has 0 spiro atoms. The third-order valence-corrected chi connectivity index (χ3v) is 3.96. The lowest BCUT2D eigenvalue weighted by molar-refractivity contribution is -0.130. The summed E-state index contributed by atoms with van der Waals surface area (Å²) in [6.07, 6.45) is 0.947. The molecule has 1 aromatic carbocycles. The number of hydrogen-bond acceptors (Lipinski definition) is 3. The molecule has 0 aliphatic carbocycles. The molecule has 4 heteroatoms. The van der Waals surface area contributed by atoms with E-state index in [4.69, 9.17) is 5.11 Å². The van der Waals surface area contributed by atoms with E-state index in [9.17, 15) is 4.79 Å². The zero-order chi connectivity index (χ0) is 13.0. The van der Waals surface area contributed by atoms with Crippen LogP contribution in [0.2, 0.25) is 0 Å². The van der Waals surface area contributed by atoms with Crippen LogP contribution in [0.3, 0.4) is 0 Å². The van der Waals surface area contributed by atoms with E-state index in [0.29, 0.717) is 19.4 Å². The first kappa shape index (κ1) is 13.1. The molecule has 0 saturated heterocycles. The highest BCUT2D eigenvalue weighted by atomic mass is 32.1. The lowest BCUT2D eigenvalue weighted by Gasteiger charge is -2.16. The summed E-state index contributed by atoms with van der Waals surface area (Å²) in [5, 5.41) is 12.1. The molecule has 1 amide bonds. The van der Waals surface area contributed by atoms with E-state index in [1.165, 1.54) is 15.6 Å². The van der Waals surface area contributed by atoms with Crippen molar-refractivity contribution < 1.29 is 9.90 Å². The minimum atomic E-state index is 0.0704. The fourth-order valence-electron chi connectivity index (χ4n) is 1.92. The summed E-state index contributed by atoms with van der Waals surface area (Å²) >= 11 is 1.71. The van der Waals surface area contributed by atoms with Crippen LogP contribution in [-0.2, 0) is 11.3 Å². The molecule has 3 nitrogen and oxygen atoms in total. The molecule has 0 unspecified atom stereocenters. The second kappa shape index (κ2) is 5.98. The quantitative estimate of drug-likeness (QED) is 0.901. The fraction of sp³-hybridized carbons (Fsp3) is 0.357. The zero-order valence-corrected chi connectivity index (χ0v) is 11.2. The second-order valence-electron chi connectivity index (χ2n) is 4.33. The van der Waals surface area contributed by atoms with Gasteiger partial charge in [0.05, 0.1) is 0 Å². The zero-order valence-electron chi connectivity index (χ0n) is 10.4. The predicted molar refractivity (Wildman–Crippen MR) is 74.6 cm³/mol. The van der Waals surface area contributed by atoms with Crippen molar-refractivity contribution in [3.8, 4) is 0 Å². The third-order valence-electron chi connectivity index (χ3n) is 2.94. The van der Waals surface area contributed by atoms with Crippen molar-refractivity contribution in [1.82, 2.24) is 4.90 Å². The highest BCUT2D eigenvalue weighted by Gasteiger charge is 2.11. The topological polar surface area (TPSA) is 40.5 Å². The van der Waals surface area contributed by atoms with Crippen LogP contribution in [0.4, 0.5) is 0 Å². The number of nitrogens with zero attached hydrogens (tertiary/aromatic N) is 1. The van der Waals surface area contributed by atoms with Crippen LogP contribution in [0.1, 0.15) is 18.4 Å². The molecule has 0 radical (unpaired) electrons. The van der Waals surface area contributed by atoms with Gasteiger partial charge >= 0.3 is 0 Å². The number of benzene rings is 1. The Bertz CT molecular complexity index is 535. The van der Waals surface area contributed by atoms with Gasteiger partial charge in [-0.1, -0.05) is 18.2 Å². The van der Waals surface area contributed by atoms with E-state index in [1.807, 2.05) is 19.2 Å². The third kappa shape index (κ3) is 2.89. The monoisotopic (exact) mass is 263 g/mol. The van der Waals surface area contributed by atoms with E-state index in [1.54, 1.807) is 16.2 Å². The maximum Gasteiger partial charge on any atom is 0.222 e. The van der Waals surface area contributed by atoms with Gasteiger partial charge in [0.1, 0.15) is 0 Å². The van der Waals surface area contributed by atoms with Gasteiger partial charge in [0.15, 0.2) is 0 Å². The van der Waals surface area contributed by atoms with Crippen LogP contribution in [0.15, 0.2) is 29.6 Å². The Balaban J connectivity index is 2.07. The van der Waals surface area contributed by atoms with Crippen LogP contribution in [0.5, 0.6) is 0 Å². The van der Waals surface area contributed by atoms with Gasteiger partial charge in [-0.2, -0.15) is 0 Å². The summed E-state index contributed by atoms with van der Waals surface area (Å²) in [4.78, 5) is 13.5. The van der Waals surface area contributed by atoms with Crippen LogP contribution in [0, 0.1) is 0 Å². The Hall–Kier alpha value is -1.39. The van der Waals surface area contributed by atoms with E-state index < -0.39 is 0 Å². The number of carbonyl (C=O) groups excluding carboxylic acids is 1. The van der Waals surface area contributed by atoms with Crippen molar-refractivity contribution in [3.05, 3.63) is 35.2 Å². The molecule has 0 saturated carbocycles. The number of fused-ring (bicyclic) bond motifs is 1. The van der Waals surface area contributed by atoms with E-state index in [2.05, 4.69) is 17.5 Å². The number of hydrogen-bond donors (Lipinski definition) is 1. The van der Waals surface area contributed by atoms with Gasteiger partial charge in [0, 0.05) is 31.3 Å². The molecular weight excluding hydrogens is 246 g/mol. The van der Waals surface area contributed by atoms with Crippen molar-refractivity contribution >= 4 is 27.3 Å².